The van der Waals surface area contributed by atoms with Crippen molar-refractivity contribution in [1.29, 1.82) is 0 Å². The van der Waals surface area contributed by atoms with E-state index in [1.165, 1.54) is 0 Å². The number of nitrogens with zero attached hydrogens (tertiary/aromatic N) is 1. The maximum absolute atomic E-state index is 12.8. The Hall–Kier alpha value is -1.60. The van der Waals surface area contributed by atoms with Crippen LogP contribution in [0, 0.1) is 11.8 Å². The van der Waals surface area contributed by atoms with E-state index in [0.29, 0.717) is 6.42 Å². The first-order valence-corrected chi connectivity index (χ1v) is 10.1. The van der Waals surface area contributed by atoms with Crippen molar-refractivity contribution in [2.45, 2.75) is 26.3 Å². The minimum atomic E-state index is -3.86. The lowest BCUT2D eigenvalue weighted by Gasteiger charge is -2.26. The molecule has 2 amide bonds. The number of halogens is 1. The molecule has 0 saturated carbocycles. The molecule has 1 aromatic rings. The maximum atomic E-state index is 12.8. The van der Waals surface area contributed by atoms with E-state index >= 15 is 0 Å². The number of hydrogen-bond acceptors (Lipinski definition) is 5. The second-order valence-electron chi connectivity index (χ2n) is 6.18. The van der Waals surface area contributed by atoms with Crippen molar-refractivity contribution in [2.24, 2.45) is 11.8 Å². The Balaban J connectivity index is 2.21. The lowest BCUT2D eigenvalue weighted by atomic mass is 9.95. The molecule has 0 spiro atoms. The molecular formula is C16H20ClNO5S. The molecule has 8 heteroatoms. The Morgan fingerprint density at radius 1 is 1.33 bits per heavy atom. The normalized spacial score (nSPS) is 19.4. The number of amides is 2. The molecule has 132 valence electrons. The fourth-order valence-corrected chi connectivity index (χ4v) is 4.07. The van der Waals surface area contributed by atoms with Gasteiger partial charge in [-0.3, -0.25) is 4.79 Å². The third-order valence-corrected chi connectivity index (χ3v) is 5.15. The van der Waals surface area contributed by atoms with E-state index in [1.54, 1.807) is 13.8 Å². The number of ether oxygens (including phenoxy) is 1. The SMILES string of the molecule is CC(C)C(CS(=O)(=O)Cl)C(=O)N1C(=O)OC[C@H]1Cc1ccccc1. The first kappa shape index (κ1) is 18.7. The van der Waals surface area contributed by atoms with Crippen LogP contribution in [0.15, 0.2) is 30.3 Å². The van der Waals surface area contributed by atoms with Gasteiger partial charge in [0.2, 0.25) is 15.0 Å². The van der Waals surface area contributed by atoms with Gasteiger partial charge in [0.1, 0.15) is 6.61 Å². The van der Waals surface area contributed by atoms with Gasteiger partial charge in [0.25, 0.3) is 0 Å². The molecule has 0 N–H and O–H groups in total. The summed E-state index contributed by atoms with van der Waals surface area (Å²) in [5.41, 5.74) is 0.963. The molecule has 0 aromatic heterocycles. The molecule has 2 atom stereocenters. The van der Waals surface area contributed by atoms with Crippen molar-refractivity contribution in [1.82, 2.24) is 4.90 Å². The first-order valence-electron chi connectivity index (χ1n) is 7.65. The van der Waals surface area contributed by atoms with E-state index in [-0.39, 0.29) is 12.5 Å². The predicted octanol–water partition coefficient (Wildman–Crippen LogP) is 2.42. The van der Waals surface area contributed by atoms with Crippen LogP contribution in [-0.2, 0) is 25.0 Å². The van der Waals surface area contributed by atoms with Crippen LogP contribution < -0.4 is 0 Å². The largest absolute Gasteiger partial charge is 0.447 e. The summed E-state index contributed by atoms with van der Waals surface area (Å²) >= 11 is 0. The Kier molecular flexibility index (Phi) is 5.87. The summed E-state index contributed by atoms with van der Waals surface area (Å²) in [4.78, 5) is 25.8. The summed E-state index contributed by atoms with van der Waals surface area (Å²) < 4.78 is 27.8. The summed E-state index contributed by atoms with van der Waals surface area (Å²) in [7, 11) is 1.45. The quantitative estimate of drug-likeness (QED) is 0.715. The summed E-state index contributed by atoms with van der Waals surface area (Å²) in [5, 5.41) is 0. The molecule has 0 bridgehead atoms. The molecule has 24 heavy (non-hydrogen) atoms. The van der Waals surface area contributed by atoms with Crippen LogP contribution in [0.1, 0.15) is 19.4 Å². The second kappa shape index (κ2) is 7.53. The van der Waals surface area contributed by atoms with Crippen LogP contribution in [0.25, 0.3) is 0 Å². The molecule has 0 radical (unpaired) electrons. The highest BCUT2D eigenvalue weighted by Gasteiger charge is 2.42. The number of hydrogen-bond donors (Lipinski definition) is 0. The van der Waals surface area contributed by atoms with Gasteiger partial charge in [-0.05, 0) is 17.9 Å². The van der Waals surface area contributed by atoms with E-state index in [1.807, 2.05) is 30.3 Å². The first-order chi connectivity index (χ1) is 11.2. The van der Waals surface area contributed by atoms with Crippen LogP contribution in [0.4, 0.5) is 4.79 Å². The zero-order valence-electron chi connectivity index (χ0n) is 13.5. The third-order valence-electron chi connectivity index (χ3n) is 4.01. The number of rotatable bonds is 6. The minimum absolute atomic E-state index is 0.0951. The fraction of sp³-hybridized carbons (Fsp3) is 0.500. The maximum Gasteiger partial charge on any atom is 0.416 e. The molecule has 1 heterocycles. The molecular weight excluding hydrogens is 354 g/mol. The Bertz CT molecular complexity index is 704. The van der Waals surface area contributed by atoms with E-state index in [0.717, 1.165) is 10.5 Å². The van der Waals surface area contributed by atoms with Crippen molar-refractivity contribution < 1.29 is 22.7 Å². The Morgan fingerprint density at radius 3 is 2.50 bits per heavy atom. The standard InChI is InChI=1S/C16H20ClNO5S/c1-11(2)14(10-24(17,21)22)15(19)18-13(9-23-16(18)20)8-12-6-4-3-5-7-12/h3-7,11,13-14H,8-10H2,1-2H3/t13-,14?/m1/s1. The molecule has 0 aliphatic carbocycles. The topological polar surface area (TPSA) is 80.8 Å². The highest BCUT2D eigenvalue weighted by molar-refractivity contribution is 8.13. The highest BCUT2D eigenvalue weighted by atomic mass is 35.7. The van der Waals surface area contributed by atoms with Gasteiger partial charge >= 0.3 is 6.09 Å². The van der Waals surface area contributed by atoms with Gasteiger partial charge in [-0.2, -0.15) is 0 Å². The second-order valence-corrected chi connectivity index (χ2v) is 9.01. The van der Waals surface area contributed by atoms with Crippen molar-refractivity contribution >= 4 is 31.7 Å². The lowest BCUT2D eigenvalue weighted by Crippen LogP contribution is -2.46. The summed E-state index contributed by atoms with van der Waals surface area (Å²) in [6.07, 6.45) is -0.282. The number of cyclic esters (lactones) is 1. The monoisotopic (exact) mass is 373 g/mol. The van der Waals surface area contributed by atoms with Crippen molar-refractivity contribution in [3.8, 4) is 0 Å². The molecule has 1 saturated heterocycles. The molecule has 1 aliphatic rings. The molecule has 6 nitrogen and oxygen atoms in total. The fourth-order valence-electron chi connectivity index (χ4n) is 2.71. The Morgan fingerprint density at radius 2 is 1.96 bits per heavy atom. The summed E-state index contributed by atoms with van der Waals surface area (Å²) in [5.74, 6) is -2.24. The molecule has 1 fully saturated rings. The van der Waals surface area contributed by atoms with Gasteiger partial charge in [-0.15, -0.1) is 0 Å². The van der Waals surface area contributed by atoms with Crippen molar-refractivity contribution in [2.75, 3.05) is 12.4 Å². The van der Waals surface area contributed by atoms with Gasteiger partial charge < -0.3 is 4.74 Å². The lowest BCUT2D eigenvalue weighted by molar-refractivity contribution is -0.134. The van der Waals surface area contributed by atoms with Crippen LogP contribution in [-0.4, -0.2) is 43.7 Å². The average Bonchev–Trinajstić information content (AvgIpc) is 2.85. The van der Waals surface area contributed by atoms with Crippen LogP contribution in [0.3, 0.4) is 0 Å². The van der Waals surface area contributed by atoms with E-state index < -0.39 is 38.8 Å². The Labute approximate surface area is 146 Å². The average molecular weight is 374 g/mol. The molecule has 1 unspecified atom stereocenters. The summed E-state index contributed by atoms with van der Waals surface area (Å²) in [6, 6.07) is 8.96. The van der Waals surface area contributed by atoms with Gasteiger partial charge in [-0.1, -0.05) is 44.2 Å². The van der Waals surface area contributed by atoms with Gasteiger partial charge in [0, 0.05) is 10.7 Å². The van der Waals surface area contributed by atoms with Crippen LogP contribution in [0.5, 0.6) is 0 Å². The smallest absolute Gasteiger partial charge is 0.416 e. The van der Waals surface area contributed by atoms with E-state index in [9.17, 15) is 18.0 Å². The summed E-state index contributed by atoms with van der Waals surface area (Å²) in [6.45, 7) is 3.54. The predicted molar refractivity (Wildman–Crippen MR) is 90.1 cm³/mol. The van der Waals surface area contributed by atoms with Gasteiger partial charge in [-0.25, -0.2) is 18.1 Å². The highest BCUT2D eigenvalue weighted by Crippen LogP contribution is 2.25. The molecule has 1 aliphatic heterocycles. The zero-order valence-corrected chi connectivity index (χ0v) is 15.1. The molecule has 2 rings (SSSR count). The third kappa shape index (κ3) is 4.70. The number of carbonyl (C=O) groups excluding carboxylic acids is 2. The van der Waals surface area contributed by atoms with Crippen molar-refractivity contribution in [3.05, 3.63) is 35.9 Å². The number of benzene rings is 1. The van der Waals surface area contributed by atoms with Gasteiger partial charge in [0.05, 0.1) is 17.7 Å². The van der Waals surface area contributed by atoms with E-state index in [2.05, 4.69) is 0 Å². The van der Waals surface area contributed by atoms with Crippen molar-refractivity contribution in [3.63, 3.8) is 0 Å². The zero-order chi connectivity index (χ0) is 17.9. The van der Waals surface area contributed by atoms with Gasteiger partial charge in [0.15, 0.2) is 0 Å². The van der Waals surface area contributed by atoms with E-state index in [4.69, 9.17) is 15.4 Å². The molecule has 1 aromatic carbocycles. The number of imide groups is 1. The van der Waals surface area contributed by atoms with Crippen LogP contribution in [0.2, 0.25) is 0 Å². The number of carbonyl (C=O) groups is 2. The van der Waals surface area contributed by atoms with Crippen LogP contribution >= 0.6 is 10.7 Å². The minimum Gasteiger partial charge on any atom is -0.447 e.